The van der Waals surface area contributed by atoms with Crippen molar-refractivity contribution in [2.45, 2.75) is 26.2 Å². The van der Waals surface area contributed by atoms with Gasteiger partial charge in [-0.3, -0.25) is 4.79 Å². The molecule has 0 aliphatic rings. The van der Waals surface area contributed by atoms with Crippen LogP contribution in [0.15, 0.2) is 24.5 Å². The number of amides is 1. The van der Waals surface area contributed by atoms with Crippen molar-refractivity contribution in [1.82, 2.24) is 9.97 Å². The molecular formula is C23H30N4O5S. The number of primary amides is 1. The van der Waals surface area contributed by atoms with Gasteiger partial charge < -0.3 is 30.0 Å². The third-order valence-electron chi connectivity index (χ3n) is 4.74. The van der Waals surface area contributed by atoms with E-state index < -0.39 is 5.91 Å². The lowest BCUT2D eigenvalue weighted by molar-refractivity contribution is 0.100. The molecule has 0 atom stereocenters. The molecule has 178 valence electrons. The van der Waals surface area contributed by atoms with Gasteiger partial charge in [0.2, 0.25) is 0 Å². The molecule has 2 aromatic heterocycles. The lowest BCUT2D eigenvalue weighted by Crippen LogP contribution is -2.11. The van der Waals surface area contributed by atoms with Crippen LogP contribution in [0.5, 0.6) is 11.5 Å². The fourth-order valence-corrected chi connectivity index (χ4v) is 4.05. The smallest absolute Gasteiger partial charge is 0.260 e. The molecule has 9 nitrogen and oxygen atoms in total. The number of thiophene rings is 1. The van der Waals surface area contributed by atoms with E-state index in [1.54, 1.807) is 20.3 Å². The van der Waals surface area contributed by atoms with Crippen LogP contribution in [0.1, 0.15) is 35.3 Å². The normalized spacial score (nSPS) is 11.5. The number of aromatic nitrogens is 2. The fourth-order valence-electron chi connectivity index (χ4n) is 3.02. The second-order valence-corrected chi connectivity index (χ2v) is 9.37. The second-order valence-electron chi connectivity index (χ2n) is 8.31. The zero-order chi connectivity index (χ0) is 24.0. The van der Waals surface area contributed by atoms with Gasteiger partial charge in [-0.2, -0.15) is 0 Å². The lowest BCUT2D eigenvalue weighted by Gasteiger charge is -2.15. The lowest BCUT2D eigenvalue weighted by atomic mass is 9.94. The minimum atomic E-state index is -0.492. The summed E-state index contributed by atoms with van der Waals surface area (Å²) < 4.78 is 21.9. The summed E-state index contributed by atoms with van der Waals surface area (Å²) in [5, 5.41) is 3.98. The van der Waals surface area contributed by atoms with Gasteiger partial charge >= 0.3 is 0 Å². The summed E-state index contributed by atoms with van der Waals surface area (Å²) in [6, 6.07) is 5.55. The third-order valence-corrected chi connectivity index (χ3v) is 6.31. The fraction of sp³-hybridized carbons (Fsp3) is 0.435. The Morgan fingerprint density at radius 3 is 2.21 bits per heavy atom. The molecule has 0 saturated heterocycles. The first-order valence-electron chi connectivity index (χ1n) is 10.5. The molecule has 0 unspecified atom stereocenters. The van der Waals surface area contributed by atoms with Crippen molar-refractivity contribution in [3.63, 3.8) is 0 Å². The second kappa shape index (κ2) is 10.8. The number of ether oxygens (including phenoxy) is 4. The molecule has 33 heavy (non-hydrogen) atoms. The van der Waals surface area contributed by atoms with Crippen molar-refractivity contribution in [1.29, 1.82) is 0 Å². The van der Waals surface area contributed by atoms with Gasteiger partial charge in [-0.25, -0.2) is 9.97 Å². The summed E-state index contributed by atoms with van der Waals surface area (Å²) >= 11 is 1.38. The maximum Gasteiger partial charge on any atom is 0.260 e. The van der Waals surface area contributed by atoms with Crippen molar-refractivity contribution >= 4 is 39.7 Å². The molecule has 0 radical (unpaired) electrons. The topological polar surface area (TPSA) is 118 Å². The number of hydrogen-bond donors (Lipinski definition) is 2. The Bertz CT molecular complexity index is 1110. The summed E-state index contributed by atoms with van der Waals surface area (Å²) in [4.78, 5) is 22.4. The van der Waals surface area contributed by atoms with Gasteiger partial charge in [-0.1, -0.05) is 20.8 Å². The molecule has 3 N–H and O–H groups in total. The largest absolute Gasteiger partial charge is 0.487 e. The van der Waals surface area contributed by atoms with Gasteiger partial charge in [0.25, 0.3) is 5.91 Å². The highest BCUT2D eigenvalue weighted by molar-refractivity contribution is 7.14. The number of nitrogens with two attached hydrogens (primary N) is 1. The number of nitrogens with one attached hydrogen (secondary N) is 1. The number of anilines is 2. The van der Waals surface area contributed by atoms with Crippen LogP contribution in [0, 0.1) is 0 Å². The number of carbonyl (C=O) groups excluding carboxylic acids is 1. The number of rotatable bonds is 11. The third kappa shape index (κ3) is 6.10. The van der Waals surface area contributed by atoms with Gasteiger partial charge in [0.05, 0.1) is 24.4 Å². The molecule has 0 fully saturated rings. The minimum Gasteiger partial charge on any atom is -0.487 e. The van der Waals surface area contributed by atoms with Gasteiger partial charge in [-0.05, 0) is 17.5 Å². The molecule has 3 aromatic rings. The maximum absolute atomic E-state index is 12.1. The first kappa shape index (κ1) is 24.7. The number of nitrogens with zero attached hydrogens (tertiary/aromatic N) is 2. The van der Waals surface area contributed by atoms with Crippen molar-refractivity contribution < 1.29 is 23.7 Å². The Balaban J connectivity index is 2.02. The zero-order valence-corrected chi connectivity index (χ0v) is 20.4. The minimum absolute atomic E-state index is 0.126. The van der Waals surface area contributed by atoms with Gasteiger partial charge in [0, 0.05) is 30.5 Å². The van der Waals surface area contributed by atoms with Crippen LogP contribution in [-0.2, 0) is 14.9 Å². The van der Waals surface area contributed by atoms with Crippen molar-refractivity contribution in [2.24, 2.45) is 5.73 Å². The van der Waals surface area contributed by atoms with Crippen LogP contribution in [0.3, 0.4) is 0 Å². The van der Waals surface area contributed by atoms with Crippen molar-refractivity contribution in [3.05, 3.63) is 34.3 Å². The average Bonchev–Trinajstić information content (AvgIpc) is 3.19. The standard InChI is InChI=1S/C23H30N4O5S/c1-23(2,3)19-12-16(20(33-19)21(24)28)27-22-14-10-17(31-8-6-29-4)18(32-9-7-30-5)11-15(14)25-13-26-22/h10-13H,6-9H2,1-5H3,(H2,24,28)(H,25,26,27). The zero-order valence-electron chi connectivity index (χ0n) is 19.6. The molecular weight excluding hydrogens is 444 g/mol. The van der Waals surface area contributed by atoms with E-state index >= 15 is 0 Å². The van der Waals surface area contributed by atoms with Crippen molar-refractivity contribution in [2.75, 3.05) is 46.0 Å². The maximum atomic E-state index is 12.1. The van der Waals surface area contributed by atoms with Crippen molar-refractivity contribution in [3.8, 4) is 11.5 Å². The Kier molecular flexibility index (Phi) is 8.06. The van der Waals surface area contributed by atoms with Gasteiger partial charge in [-0.15, -0.1) is 11.3 Å². The number of fused-ring (bicyclic) bond motifs is 1. The van der Waals surface area contributed by atoms with Gasteiger partial charge in [0.15, 0.2) is 11.5 Å². The summed E-state index contributed by atoms with van der Waals surface area (Å²) in [5.41, 5.74) is 6.79. The highest BCUT2D eigenvalue weighted by Gasteiger charge is 2.23. The Morgan fingerprint density at radius 1 is 1.00 bits per heavy atom. The van der Waals surface area contributed by atoms with Gasteiger partial charge in [0.1, 0.15) is 30.2 Å². The van der Waals surface area contributed by atoms with E-state index in [4.69, 9.17) is 24.7 Å². The quantitative estimate of drug-likeness (QED) is 0.402. The predicted octanol–water partition coefficient (Wildman–Crippen LogP) is 3.88. The first-order valence-corrected chi connectivity index (χ1v) is 11.3. The molecule has 2 heterocycles. The summed E-state index contributed by atoms with van der Waals surface area (Å²) in [6.07, 6.45) is 1.45. The Hall–Kier alpha value is -2.95. The molecule has 10 heteroatoms. The molecule has 0 saturated carbocycles. The van der Waals surface area contributed by atoms with E-state index in [9.17, 15) is 4.79 Å². The van der Waals surface area contributed by atoms with E-state index in [2.05, 4.69) is 36.1 Å². The van der Waals surface area contributed by atoms with E-state index in [0.29, 0.717) is 65.2 Å². The molecule has 1 aromatic carbocycles. The summed E-state index contributed by atoms with van der Waals surface area (Å²) in [5.74, 6) is 1.11. The number of methoxy groups -OCH3 is 2. The molecule has 0 bridgehead atoms. The first-order chi connectivity index (χ1) is 15.7. The van der Waals surface area contributed by atoms with E-state index in [-0.39, 0.29) is 5.41 Å². The summed E-state index contributed by atoms with van der Waals surface area (Å²) in [6.45, 7) is 7.84. The van der Waals surface area contributed by atoms with Crippen LogP contribution in [0.25, 0.3) is 10.9 Å². The molecule has 3 rings (SSSR count). The molecule has 0 aliphatic carbocycles. The van der Waals surface area contributed by atoms with E-state index in [1.807, 2.05) is 12.1 Å². The van der Waals surface area contributed by atoms with E-state index in [0.717, 1.165) is 4.88 Å². The molecule has 0 spiro atoms. The van der Waals surface area contributed by atoms with Crippen LogP contribution in [-0.4, -0.2) is 56.5 Å². The molecule has 0 aliphatic heterocycles. The Labute approximate surface area is 197 Å². The van der Waals surface area contributed by atoms with Crippen LogP contribution in [0.4, 0.5) is 11.5 Å². The number of hydrogen-bond acceptors (Lipinski definition) is 9. The van der Waals surface area contributed by atoms with Crippen LogP contribution in [0.2, 0.25) is 0 Å². The molecule has 1 amide bonds. The van der Waals surface area contributed by atoms with E-state index in [1.165, 1.54) is 17.7 Å². The predicted molar refractivity (Wildman–Crippen MR) is 129 cm³/mol. The van der Waals surface area contributed by atoms with Crippen LogP contribution >= 0.6 is 11.3 Å². The average molecular weight is 475 g/mol. The van der Waals surface area contributed by atoms with Crippen LogP contribution < -0.4 is 20.5 Å². The SMILES string of the molecule is COCCOc1cc2ncnc(Nc3cc(C(C)(C)C)sc3C(N)=O)c2cc1OCCOC. The Morgan fingerprint density at radius 2 is 1.64 bits per heavy atom. The highest BCUT2D eigenvalue weighted by Crippen LogP contribution is 2.39. The highest BCUT2D eigenvalue weighted by atomic mass is 32.1. The monoisotopic (exact) mass is 474 g/mol. The summed E-state index contributed by atoms with van der Waals surface area (Å²) in [7, 11) is 3.22. The number of benzene rings is 1. The number of carbonyl (C=O) groups is 1.